The third-order valence-electron chi connectivity index (χ3n) is 13.4. The zero-order chi connectivity index (χ0) is 23.3. The van der Waals surface area contributed by atoms with Crippen molar-refractivity contribution in [3.05, 3.63) is 12.2 Å². The summed E-state index contributed by atoms with van der Waals surface area (Å²) in [7, 11) is 0. The topological polar surface area (TPSA) is 40.5 Å². The van der Waals surface area contributed by atoms with E-state index in [9.17, 15) is 10.2 Å². The normalized spacial score (nSPS) is 56.5. The number of aliphatic hydroxyl groups excluding tert-OH is 2. The fourth-order valence-electron chi connectivity index (χ4n) is 11.6. The van der Waals surface area contributed by atoms with Crippen molar-refractivity contribution in [3.8, 4) is 0 Å². The highest BCUT2D eigenvalue weighted by molar-refractivity contribution is 5.21. The minimum Gasteiger partial charge on any atom is -0.396 e. The van der Waals surface area contributed by atoms with Crippen molar-refractivity contribution < 1.29 is 10.2 Å². The summed E-state index contributed by atoms with van der Waals surface area (Å²) in [4.78, 5) is 0. The molecule has 5 fully saturated rings. The first-order valence-electron chi connectivity index (χ1n) is 13.8. The molecule has 0 saturated heterocycles. The van der Waals surface area contributed by atoms with Crippen molar-refractivity contribution >= 4 is 0 Å². The van der Waals surface area contributed by atoms with Gasteiger partial charge in [0, 0.05) is 12.0 Å². The Labute approximate surface area is 197 Å². The van der Waals surface area contributed by atoms with Crippen LogP contribution in [0, 0.1) is 56.7 Å². The highest BCUT2D eigenvalue weighted by Crippen LogP contribution is 2.77. The molecule has 0 unspecified atom stereocenters. The summed E-state index contributed by atoms with van der Waals surface area (Å²) in [6.07, 6.45) is 12.1. The van der Waals surface area contributed by atoms with E-state index in [4.69, 9.17) is 0 Å². The van der Waals surface area contributed by atoms with E-state index < -0.39 is 0 Å². The van der Waals surface area contributed by atoms with Gasteiger partial charge in [0.15, 0.2) is 0 Å². The van der Waals surface area contributed by atoms with E-state index in [1.54, 1.807) is 0 Å². The van der Waals surface area contributed by atoms with Crippen LogP contribution in [0.25, 0.3) is 0 Å². The van der Waals surface area contributed by atoms with Gasteiger partial charge >= 0.3 is 0 Å². The Morgan fingerprint density at radius 3 is 2.22 bits per heavy atom. The van der Waals surface area contributed by atoms with E-state index >= 15 is 0 Å². The number of hydrogen-bond acceptors (Lipinski definition) is 2. The van der Waals surface area contributed by atoms with E-state index in [0.717, 1.165) is 12.8 Å². The molecule has 0 aromatic carbocycles. The van der Waals surface area contributed by atoms with E-state index in [-0.39, 0.29) is 27.8 Å². The molecule has 2 heteroatoms. The summed E-state index contributed by atoms with van der Waals surface area (Å²) >= 11 is 0. The summed E-state index contributed by atoms with van der Waals surface area (Å²) in [6, 6.07) is 0. The van der Waals surface area contributed by atoms with Crippen LogP contribution < -0.4 is 0 Å². The van der Waals surface area contributed by atoms with Gasteiger partial charge in [-0.15, -0.1) is 0 Å². The third kappa shape index (κ3) is 2.66. The molecule has 0 heterocycles. The Morgan fingerprint density at radius 1 is 0.844 bits per heavy atom. The summed E-state index contributed by atoms with van der Waals surface area (Å²) in [5.74, 6) is 3.24. The van der Waals surface area contributed by atoms with Crippen molar-refractivity contribution in [2.75, 3.05) is 6.61 Å². The summed E-state index contributed by atoms with van der Waals surface area (Å²) in [5, 5.41) is 22.2. The number of fused-ring (bicyclic) bond motifs is 7. The molecule has 0 aromatic heterocycles. The maximum absolute atomic E-state index is 11.3. The fraction of sp³-hybridized carbons (Fsp3) is 0.933. The number of hydrogen-bond donors (Lipinski definition) is 2. The molecule has 0 aromatic rings. The van der Waals surface area contributed by atoms with Gasteiger partial charge in [-0.3, -0.25) is 0 Å². The molecule has 32 heavy (non-hydrogen) atoms. The lowest BCUT2D eigenvalue weighted by Gasteiger charge is -2.73. The molecule has 2 N–H and O–H groups in total. The van der Waals surface area contributed by atoms with Crippen molar-refractivity contribution in [1.82, 2.24) is 0 Å². The van der Waals surface area contributed by atoms with Crippen LogP contribution in [0.5, 0.6) is 0 Å². The van der Waals surface area contributed by atoms with Crippen molar-refractivity contribution in [2.24, 2.45) is 56.7 Å². The molecule has 5 aliphatic rings. The van der Waals surface area contributed by atoms with E-state index in [2.05, 4.69) is 48.1 Å². The van der Waals surface area contributed by atoms with E-state index in [1.807, 2.05) is 0 Å². The first kappa shape index (κ1) is 23.4. The van der Waals surface area contributed by atoms with Gasteiger partial charge in [0.25, 0.3) is 0 Å². The van der Waals surface area contributed by atoms with Crippen molar-refractivity contribution in [1.29, 1.82) is 0 Å². The molecule has 0 aliphatic heterocycles. The number of allylic oxidation sites excluding steroid dienone is 1. The van der Waals surface area contributed by atoms with Crippen LogP contribution in [-0.2, 0) is 0 Å². The van der Waals surface area contributed by atoms with Gasteiger partial charge in [-0.2, -0.15) is 0 Å². The zero-order valence-electron chi connectivity index (χ0n) is 21.8. The van der Waals surface area contributed by atoms with Crippen LogP contribution in [0.1, 0.15) is 106 Å². The average molecular weight is 443 g/mol. The summed E-state index contributed by atoms with van der Waals surface area (Å²) in [6.45, 7) is 19.5. The molecule has 0 bridgehead atoms. The lowest BCUT2D eigenvalue weighted by Crippen LogP contribution is -2.68. The van der Waals surface area contributed by atoms with Crippen LogP contribution in [0.2, 0.25) is 0 Å². The lowest BCUT2D eigenvalue weighted by molar-refractivity contribution is -0.260. The molecule has 5 rings (SSSR count). The molecular formula is C30H50O2. The van der Waals surface area contributed by atoms with Crippen LogP contribution >= 0.6 is 0 Å². The number of aliphatic hydroxyl groups is 2. The van der Waals surface area contributed by atoms with Gasteiger partial charge in [-0.25, -0.2) is 0 Å². The zero-order valence-corrected chi connectivity index (χ0v) is 21.8. The van der Waals surface area contributed by atoms with Crippen molar-refractivity contribution in [2.45, 2.75) is 112 Å². The van der Waals surface area contributed by atoms with Gasteiger partial charge in [0.05, 0.1) is 6.10 Å². The predicted octanol–water partition coefficient (Wildman–Crippen LogP) is 7.00. The molecule has 0 spiro atoms. The number of rotatable bonds is 2. The lowest BCUT2D eigenvalue weighted by atomic mass is 9.32. The Kier molecular flexibility index (Phi) is 5.19. The van der Waals surface area contributed by atoms with Gasteiger partial charge in [0.2, 0.25) is 0 Å². The van der Waals surface area contributed by atoms with Crippen LogP contribution in [-0.4, -0.2) is 22.9 Å². The maximum atomic E-state index is 11.3. The second-order valence-corrected chi connectivity index (χ2v) is 14.6. The maximum Gasteiger partial charge on any atom is 0.0594 e. The summed E-state index contributed by atoms with van der Waals surface area (Å²) < 4.78 is 0. The fourth-order valence-corrected chi connectivity index (χ4v) is 11.6. The van der Waals surface area contributed by atoms with Crippen LogP contribution in [0.15, 0.2) is 12.2 Å². The summed E-state index contributed by atoms with van der Waals surface area (Å²) in [5.41, 5.74) is 2.38. The SMILES string of the molecule is C=C(C)[C@@H]1CC[C@]2(C)CC[C@]3(CO)[C@H](CC[C@@H]4[C@@]5(C)CC[C@@H](O)C(C)(C)[C@@H]5CC[C@]43C)[C@@H]12. The molecule has 2 nitrogen and oxygen atoms in total. The largest absolute Gasteiger partial charge is 0.396 e. The standard InChI is InChI=1S/C30H50O2/c1-19(2)20-10-13-27(5)16-17-30(18-31)21(25(20)27)8-9-23-28(6)14-12-24(32)26(3,4)22(28)11-15-29(23,30)7/h20-25,31-32H,1,8-18H2,2-7H3/t20-,21+,22-,23+,24+,25+,27+,28-,29+,30-/m0/s1. The Hall–Kier alpha value is -0.340. The Morgan fingerprint density at radius 2 is 1.56 bits per heavy atom. The van der Waals surface area contributed by atoms with Gasteiger partial charge in [0.1, 0.15) is 0 Å². The molecular weight excluding hydrogens is 392 g/mol. The highest BCUT2D eigenvalue weighted by Gasteiger charge is 2.71. The van der Waals surface area contributed by atoms with Crippen molar-refractivity contribution in [3.63, 3.8) is 0 Å². The first-order valence-corrected chi connectivity index (χ1v) is 13.8. The average Bonchev–Trinajstić information content (AvgIpc) is 3.08. The molecule has 5 saturated carbocycles. The predicted molar refractivity (Wildman–Crippen MR) is 132 cm³/mol. The first-order chi connectivity index (χ1) is 14.9. The Balaban J connectivity index is 1.57. The second-order valence-electron chi connectivity index (χ2n) is 14.6. The second kappa shape index (κ2) is 7.09. The quantitative estimate of drug-likeness (QED) is 0.452. The molecule has 0 radical (unpaired) electrons. The van der Waals surface area contributed by atoms with E-state index in [0.29, 0.717) is 41.6 Å². The van der Waals surface area contributed by atoms with Crippen LogP contribution in [0.4, 0.5) is 0 Å². The Bertz CT molecular complexity index is 786. The highest BCUT2D eigenvalue weighted by atomic mass is 16.3. The smallest absolute Gasteiger partial charge is 0.0594 e. The van der Waals surface area contributed by atoms with E-state index in [1.165, 1.54) is 56.9 Å². The monoisotopic (exact) mass is 442 g/mol. The molecule has 5 aliphatic carbocycles. The minimum absolute atomic E-state index is 0.000800. The van der Waals surface area contributed by atoms with Gasteiger partial charge in [-0.05, 0) is 122 Å². The molecule has 0 amide bonds. The molecule has 10 atom stereocenters. The van der Waals surface area contributed by atoms with Gasteiger partial charge < -0.3 is 10.2 Å². The third-order valence-corrected chi connectivity index (χ3v) is 13.4. The van der Waals surface area contributed by atoms with Crippen LogP contribution in [0.3, 0.4) is 0 Å². The van der Waals surface area contributed by atoms with Gasteiger partial charge in [-0.1, -0.05) is 46.8 Å². The molecule has 182 valence electrons. The minimum atomic E-state index is -0.168.